The number of carbonyl (C=O) groups excluding carboxylic acids is 1. The van der Waals surface area contributed by atoms with E-state index in [2.05, 4.69) is 10.2 Å². The number of rotatable bonds is 7. The van der Waals surface area contributed by atoms with Gasteiger partial charge >= 0.3 is 0 Å². The smallest absolute Gasteiger partial charge is 0.266 e. The highest BCUT2D eigenvalue weighted by Crippen LogP contribution is 2.36. The summed E-state index contributed by atoms with van der Waals surface area (Å²) in [6, 6.07) is 16.5. The summed E-state index contributed by atoms with van der Waals surface area (Å²) in [4.78, 5) is 28.0. The molecule has 0 atom stereocenters. The Balaban J connectivity index is 1.40. The highest BCUT2D eigenvalue weighted by Gasteiger charge is 2.18. The molecular weight excluding hydrogens is 490 g/mol. The Bertz CT molecular complexity index is 1720. The number of H-pyrrole nitrogens is 1. The minimum atomic E-state index is -0.639. The zero-order valence-electron chi connectivity index (χ0n) is 21.0. The number of carbonyl (C=O) groups is 1. The van der Waals surface area contributed by atoms with Gasteiger partial charge in [-0.2, -0.15) is 5.10 Å². The van der Waals surface area contributed by atoms with Gasteiger partial charge in [0.1, 0.15) is 5.82 Å². The van der Waals surface area contributed by atoms with Crippen molar-refractivity contribution in [2.24, 2.45) is 0 Å². The molecule has 3 aromatic carbocycles. The second kappa shape index (κ2) is 9.93. The molecule has 1 N–H and O–H groups in total. The molecule has 5 aromatic rings. The minimum Gasteiger partial charge on any atom is -0.452 e. The molecule has 0 aliphatic heterocycles. The van der Waals surface area contributed by atoms with Crippen LogP contribution < -0.4 is 15.2 Å². The molecule has 0 fully saturated rings. The number of fused-ring (bicyclic) bond motifs is 1. The lowest BCUT2D eigenvalue weighted by Crippen LogP contribution is -2.27. The number of ketones is 1. The van der Waals surface area contributed by atoms with Crippen molar-refractivity contribution in [3.8, 4) is 17.2 Å². The average molecular weight is 515 g/mol. The van der Waals surface area contributed by atoms with Gasteiger partial charge in [-0.15, -0.1) is 0 Å². The number of anilines is 1. The molecule has 7 nitrogen and oxygen atoms in total. The summed E-state index contributed by atoms with van der Waals surface area (Å²) in [5.41, 5.74) is 2.43. The molecule has 0 unspecified atom stereocenters. The van der Waals surface area contributed by atoms with Crippen LogP contribution in [0.3, 0.4) is 0 Å². The van der Waals surface area contributed by atoms with E-state index in [0.29, 0.717) is 22.7 Å². The second-order valence-electron chi connectivity index (χ2n) is 9.14. The van der Waals surface area contributed by atoms with Gasteiger partial charge in [0.25, 0.3) is 5.56 Å². The summed E-state index contributed by atoms with van der Waals surface area (Å²) in [7, 11) is 3.70. The van der Waals surface area contributed by atoms with Crippen molar-refractivity contribution in [1.82, 2.24) is 14.8 Å². The zero-order valence-corrected chi connectivity index (χ0v) is 21.0. The monoisotopic (exact) mass is 514 g/mol. The van der Waals surface area contributed by atoms with Crippen molar-refractivity contribution in [1.29, 1.82) is 0 Å². The normalized spacial score (nSPS) is 11.1. The number of halogens is 2. The summed E-state index contributed by atoms with van der Waals surface area (Å²) in [5.74, 6) is -1.07. The van der Waals surface area contributed by atoms with E-state index in [1.54, 1.807) is 31.3 Å². The molecule has 9 heteroatoms. The molecule has 2 heterocycles. The van der Waals surface area contributed by atoms with Crippen LogP contribution in [0.2, 0.25) is 0 Å². The number of nitrogens with zero attached hydrogens (tertiary/aromatic N) is 3. The van der Waals surface area contributed by atoms with E-state index < -0.39 is 23.0 Å². The maximum Gasteiger partial charge on any atom is 0.266 e. The summed E-state index contributed by atoms with van der Waals surface area (Å²) in [6.45, 7) is 1.72. The highest BCUT2D eigenvalue weighted by atomic mass is 19.1. The second-order valence-corrected chi connectivity index (χ2v) is 9.14. The fraction of sp³-hybridized carbons (Fsp3) is 0.138. The number of aromatic nitrogens is 3. The maximum atomic E-state index is 15.1. The molecule has 0 saturated heterocycles. The summed E-state index contributed by atoms with van der Waals surface area (Å²) < 4.78 is 35.7. The quantitative estimate of drug-likeness (QED) is 0.287. The molecule has 0 bridgehead atoms. The van der Waals surface area contributed by atoms with E-state index in [-0.39, 0.29) is 17.7 Å². The van der Waals surface area contributed by atoms with Crippen LogP contribution in [0.25, 0.3) is 16.6 Å². The molecule has 0 aliphatic carbocycles. The predicted octanol–water partition coefficient (Wildman–Crippen LogP) is 5.58. The van der Waals surface area contributed by atoms with Crippen molar-refractivity contribution < 1.29 is 18.3 Å². The third-order valence-electron chi connectivity index (χ3n) is 6.25. The predicted molar refractivity (Wildman–Crippen MR) is 142 cm³/mol. The molecule has 38 heavy (non-hydrogen) atoms. The fourth-order valence-corrected chi connectivity index (χ4v) is 4.28. The number of hydrogen-bond acceptors (Lipinski definition) is 5. The Morgan fingerprint density at radius 2 is 1.76 bits per heavy atom. The van der Waals surface area contributed by atoms with Crippen LogP contribution in [0, 0.1) is 18.6 Å². The van der Waals surface area contributed by atoms with Crippen molar-refractivity contribution in [3.05, 3.63) is 112 Å². The van der Waals surface area contributed by atoms with E-state index in [4.69, 9.17) is 4.74 Å². The van der Waals surface area contributed by atoms with Crippen LogP contribution in [-0.2, 0) is 6.42 Å². The van der Waals surface area contributed by atoms with Crippen molar-refractivity contribution in [2.75, 3.05) is 19.0 Å². The molecule has 0 saturated carbocycles. The fourth-order valence-electron chi connectivity index (χ4n) is 4.28. The van der Waals surface area contributed by atoms with Crippen LogP contribution in [0.15, 0.2) is 77.7 Å². The molecule has 192 valence electrons. The summed E-state index contributed by atoms with van der Waals surface area (Å²) in [5, 5.41) is 7.74. The van der Waals surface area contributed by atoms with E-state index >= 15 is 4.39 Å². The van der Waals surface area contributed by atoms with Gasteiger partial charge in [-0.25, -0.2) is 8.78 Å². The molecule has 0 spiro atoms. The first-order chi connectivity index (χ1) is 18.2. The van der Waals surface area contributed by atoms with Crippen LogP contribution in [0.5, 0.6) is 11.5 Å². The highest BCUT2D eigenvalue weighted by molar-refractivity contribution is 5.97. The topological polar surface area (TPSA) is 80.2 Å². The Morgan fingerprint density at radius 3 is 2.47 bits per heavy atom. The number of hydrogen-bond donors (Lipinski definition) is 1. The summed E-state index contributed by atoms with van der Waals surface area (Å²) >= 11 is 0. The summed E-state index contributed by atoms with van der Waals surface area (Å²) in [6.07, 6.45) is 1.48. The molecule has 0 aliphatic rings. The number of pyridine rings is 1. The van der Waals surface area contributed by atoms with E-state index in [0.717, 1.165) is 16.6 Å². The van der Waals surface area contributed by atoms with Gasteiger partial charge in [0.15, 0.2) is 23.1 Å². The Labute approximate surface area is 216 Å². The van der Waals surface area contributed by atoms with Crippen LogP contribution in [-0.4, -0.2) is 34.6 Å². The van der Waals surface area contributed by atoms with Gasteiger partial charge in [0, 0.05) is 37.3 Å². The first kappa shape index (κ1) is 24.9. The standard InChI is InChI=1S/C29H24F2N4O3/c1-17-4-10-22(29(37)35(17)21-8-6-20(30)7-9-21)26(36)13-18-5-11-27(23(31)12-18)38-28-14-19-16-32-33-24(19)15-25(28)34(2)3/h4-12,14-16H,13H2,1-3H3,(H,32,33). The Hall–Kier alpha value is -4.79. The average Bonchev–Trinajstić information content (AvgIpc) is 3.34. The van der Waals surface area contributed by atoms with Crippen molar-refractivity contribution in [3.63, 3.8) is 0 Å². The van der Waals surface area contributed by atoms with Gasteiger partial charge in [-0.3, -0.25) is 19.3 Å². The van der Waals surface area contributed by atoms with Gasteiger partial charge in [-0.05, 0) is 73.2 Å². The molecular formula is C29H24F2N4O3. The molecule has 5 rings (SSSR count). The number of ether oxygens (including phenoxy) is 1. The molecule has 0 radical (unpaired) electrons. The molecule has 0 amide bonds. The van der Waals surface area contributed by atoms with Gasteiger partial charge in [-0.1, -0.05) is 6.07 Å². The van der Waals surface area contributed by atoms with E-state index in [1.165, 1.54) is 47.0 Å². The van der Waals surface area contributed by atoms with Crippen molar-refractivity contribution >= 4 is 22.4 Å². The van der Waals surface area contributed by atoms with Gasteiger partial charge < -0.3 is 9.64 Å². The third-order valence-corrected chi connectivity index (χ3v) is 6.25. The largest absolute Gasteiger partial charge is 0.452 e. The van der Waals surface area contributed by atoms with Gasteiger partial charge in [0.05, 0.1) is 23.0 Å². The van der Waals surface area contributed by atoms with E-state index in [1.807, 2.05) is 25.1 Å². The number of nitrogens with one attached hydrogen (secondary N) is 1. The SMILES string of the molecule is Cc1ccc(C(=O)Cc2ccc(Oc3cc4cn[nH]c4cc3N(C)C)c(F)c2)c(=O)n1-c1ccc(F)cc1. The lowest BCUT2D eigenvalue weighted by molar-refractivity contribution is 0.0991. The molecule has 2 aromatic heterocycles. The number of aromatic amines is 1. The van der Waals surface area contributed by atoms with Crippen LogP contribution in [0.1, 0.15) is 21.6 Å². The first-order valence-electron chi connectivity index (χ1n) is 11.8. The third kappa shape index (κ3) is 4.78. The number of benzene rings is 3. The Kier molecular flexibility index (Phi) is 6.50. The van der Waals surface area contributed by atoms with Crippen LogP contribution in [0.4, 0.5) is 14.5 Å². The minimum absolute atomic E-state index is 0.00106. The van der Waals surface area contributed by atoms with Crippen LogP contribution >= 0.6 is 0 Å². The lowest BCUT2D eigenvalue weighted by Gasteiger charge is -2.18. The lowest BCUT2D eigenvalue weighted by atomic mass is 10.0. The Morgan fingerprint density at radius 1 is 1.00 bits per heavy atom. The number of Topliss-reactive ketones (excluding diaryl/α,β-unsaturated/α-hetero) is 1. The van der Waals surface area contributed by atoms with E-state index in [9.17, 15) is 14.0 Å². The zero-order chi connectivity index (χ0) is 27.0. The first-order valence-corrected chi connectivity index (χ1v) is 11.8. The number of aryl methyl sites for hydroxylation is 1. The van der Waals surface area contributed by atoms with Crippen molar-refractivity contribution in [2.45, 2.75) is 13.3 Å². The maximum absolute atomic E-state index is 15.1. The van der Waals surface area contributed by atoms with Gasteiger partial charge in [0.2, 0.25) is 0 Å².